The Morgan fingerprint density at radius 3 is 2.00 bits per heavy atom. The molecule has 4 aromatic carbocycles. The summed E-state index contributed by atoms with van der Waals surface area (Å²) >= 11 is 0. The standard InChI is InChI=1S/C31H26N2/c1-23-12-5-8-19-29(23)32(24-13-3-2-4-14-24)25-15-11-16-26(22-25)33-30-20-9-6-17-27(30)28-18-7-10-21-31(28)33/h2-4,6-11,13-22H,5,12H2,1H3. The van der Waals surface area contributed by atoms with Gasteiger partial charge in [-0.05, 0) is 73.9 Å². The quantitative estimate of drug-likeness (QED) is 0.279. The second kappa shape index (κ2) is 8.14. The smallest absolute Gasteiger partial charge is 0.0541 e. The number of allylic oxidation sites excluding steroid dienone is 3. The van der Waals surface area contributed by atoms with Crippen LogP contribution in [0.1, 0.15) is 19.8 Å². The fourth-order valence-electron chi connectivity index (χ4n) is 5.01. The first-order valence-electron chi connectivity index (χ1n) is 11.6. The van der Waals surface area contributed by atoms with Crippen molar-refractivity contribution >= 4 is 33.2 Å². The molecular formula is C31H26N2. The molecule has 0 spiro atoms. The Kier molecular flexibility index (Phi) is 4.84. The lowest BCUT2D eigenvalue weighted by Crippen LogP contribution is -2.18. The normalized spacial score (nSPS) is 13.7. The first-order valence-corrected chi connectivity index (χ1v) is 11.6. The summed E-state index contributed by atoms with van der Waals surface area (Å²) < 4.78 is 2.38. The summed E-state index contributed by atoms with van der Waals surface area (Å²) in [5.74, 6) is 0. The molecule has 2 nitrogen and oxygen atoms in total. The zero-order chi connectivity index (χ0) is 22.2. The minimum atomic E-state index is 1.10. The number of hydrogen-bond acceptors (Lipinski definition) is 1. The van der Waals surface area contributed by atoms with E-state index in [9.17, 15) is 0 Å². The minimum absolute atomic E-state index is 1.10. The molecule has 0 radical (unpaired) electrons. The van der Waals surface area contributed by atoms with Gasteiger partial charge in [-0.2, -0.15) is 0 Å². The molecule has 0 saturated carbocycles. The van der Waals surface area contributed by atoms with Crippen LogP contribution in [0.5, 0.6) is 0 Å². The first-order chi connectivity index (χ1) is 16.3. The summed E-state index contributed by atoms with van der Waals surface area (Å²) in [7, 11) is 0. The van der Waals surface area contributed by atoms with Crippen molar-refractivity contribution in [2.45, 2.75) is 19.8 Å². The highest BCUT2D eigenvalue weighted by atomic mass is 15.2. The molecule has 1 aliphatic rings. The van der Waals surface area contributed by atoms with E-state index in [0.29, 0.717) is 0 Å². The highest BCUT2D eigenvalue weighted by Crippen LogP contribution is 2.37. The van der Waals surface area contributed by atoms with Gasteiger partial charge in [0.2, 0.25) is 0 Å². The topological polar surface area (TPSA) is 8.17 Å². The Morgan fingerprint density at radius 1 is 0.667 bits per heavy atom. The van der Waals surface area contributed by atoms with Crippen LogP contribution in [0.3, 0.4) is 0 Å². The molecule has 2 heteroatoms. The minimum Gasteiger partial charge on any atom is -0.310 e. The van der Waals surface area contributed by atoms with Crippen LogP contribution in [-0.4, -0.2) is 4.57 Å². The monoisotopic (exact) mass is 426 g/mol. The Labute approximate surface area is 194 Å². The molecule has 0 amide bonds. The van der Waals surface area contributed by atoms with Crippen LogP contribution >= 0.6 is 0 Å². The van der Waals surface area contributed by atoms with Gasteiger partial charge in [0, 0.05) is 33.5 Å². The van der Waals surface area contributed by atoms with E-state index in [1.165, 1.54) is 50.1 Å². The van der Waals surface area contributed by atoms with Crippen molar-refractivity contribution in [2.24, 2.45) is 0 Å². The summed E-state index contributed by atoms with van der Waals surface area (Å²) in [6, 6.07) is 37.0. The van der Waals surface area contributed by atoms with Crippen LogP contribution in [0.25, 0.3) is 27.5 Å². The van der Waals surface area contributed by atoms with Gasteiger partial charge < -0.3 is 9.47 Å². The summed E-state index contributed by atoms with van der Waals surface area (Å²) in [6.07, 6.45) is 6.77. The van der Waals surface area contributed by atoms with Crippen LogP contribution in [-0.2, 0) is 0 Å². The summed E-state index contributed by atoms with van der Waals surface area (Å²) in [4.78, 5) is 2.39. The molecule has 0 saturated heterocycles. The van der Waals surface area contributed by atoms with Gasteiger partial charge in [-0.25, -0.2) is 0 Å². The van der Waals surface area contributed by atoms with Gasteiger partial charge in [-0.15, -0.1) is 0 Å². The summed E-state index contributed by atoms with van der Waals surface area (Å²) in [5, 5.41) is 2.57. The van der Waals surface area contributed by atoms with Crippen LogP contribution in [0, 0.1) is 0 Å². The second-order valence-corrected chi connectivity index (χ2v) is 8.67. The fraction of sp³-hybridized carbons (Fsp3) is 0.0968. The third kappa shape index (κ3) is 3.35. The lowest BCUT2D eigenvalue weighted by molar-refractivity contribution is 0.923. The van der Waals surface area contributed by atoms with Crippen LogP contribution in [0.4, 0.5) is 11.4 Å². The molecule has 1 aliphatic carbocycles. The third-order valence-electron chi connectivity index (χ3n) is 6.58. The zero-order valence-corrected chi connectivity index (χ0v) is 18.8. The van der Waals surface area contributed by atoms with Crippen molar-refractivity contribution in [1.82, 2.24) is 4.57 Å². The van der Waals surface area contributed by atoms with Gasteiger partial charge in [0.15, 0.2) is 0 Å². The summed E-state index contributed by atoms with van der Waals surface area (Å²) in [5.41, 5.74) is 8.67. The van der Waals surface area contributed by atoms with Crippen molar-refractivity contribution in [1.29, 1.82) is 0 Å². The van der Waals surface area contributed by atoms with E-state index in [1.807, 2.05) is 0 Å². The van der Waals surface area contributed by atoms with Gasteiger partial charge in [0.1, 0.15) is 0 Å². The van der Waals surface area contributed by atoms with E-state index in [-0.39, 0.29) is 0 Å². The second-order valence-electron chi connectivity index (χ2n) is 8.67. The Hall–Kier alpha value is -4.04. The maximum atomic E-state index is 2.39. The highest BCUT2D eigenvalue weighted by Gasteiger charge is 2.18. The van der Waals surface area contributed by atoms with E-state index in [0.717, 1.165) is 12.8 Å². The molecule has 5 aromatic rings. The van der Waals surface area contributed by atoms with Gasteiger partial charge >= 0.3 is 0 Å². The molecule has 0 unspecified atom stereocenters. The molecule has 160 valence electrons. The molecule has 0 N–H and O–H groups in total. The predicted octanol–water partition coefficient (Wildman–Crippen LogP) is 8.55. The average Bonchev–Trinajstić information content (AvgIpc) is 3.21. The first kappa shape index (κ1) is 19.6. The van der Waals surface area contributed by atoms with Crippen LogP contribution < -0.4 is 4.90 Å². The van der Waals surface area contributed by atoms with Crippen molar-refractivity contribution in [3.05, 3.63) is 127 Å². The Morgan fingerprint density at radius 2 is 1.30 bits per heavy atom. The van der Waals surface area contributed by atoms with E-state index >= 15 is 0 Å². The number of rotatable bonds is 4. The molecule has 33 heavy (non-hydrogen) atoms. The molecule has 0 atom stereocenters. The third-order valence-corrected chi connectivity index (χ3v) is 6.58. The molecule has 0 bridgehead atoms. The maximum absolute atomic E-state index is 2.39. The van der Waals surface area contributed by atoms with Crippen molar-refractivity contribution in [2.75, 3.05) is 4.90 Å². The number of benzene rings is 4. The van der Waals surface area contributed by atoms with Crippen molar-refractivity contribution in [3.8, 4) is 5.69 Å². The van der Waals surface area contributed by atoms with E-state index in [4.69, 9.17) is 0 Å². The van der Waals surface area contributed by atoms with Gasteiger partial charge in [0.25, 0.3) is 0 Å². The van der Waals surface area contributed by atoms with E-state index in [1.54, 1.807) is 0 Å². The number of anilines is 2. The molecule has 0 fully saturated rings. The number of fused-ring (bicyclic) bond motifs is 3. The number of aromatic nitrogens is 1. The SMILES string of the molecule is CC1=C(N(c2ccccc2)c2cccc(-n3c4ccccc4c4ccccc43)c2)C=CCC1. The van der Waals surface area contributed by atoms with E-state index in [2.05, 4.69) is 132 Å². The number of para-hydroxylation sites is 3. The Balaban J connectivity index is 1.58. The van der Waals surface area contributed by atoms with Gasteiger partial charge in [-0.1, -0.05) is 66.7 Å². The molecule has 1 heterocycles. The summed E-state index contributed by atoms with van der Waals surface area (Å²) in [6.45, 7) is 2.26. The molecule has 1 aromatic heterocycles. The molecular weight excluding hydrogens is 400 g/mol. The van der Waals surface area contributed by atoms with Crippen LogP contribution in [0.15, 0.2) is 127 Å². The van der Waals surface area contributed by atoms with Crippen molar-refractivity contribution < 1.29 is 0 Å². The number of hydrogen-bond donors (Lipinski definition) is 0. The van der Waals surface area contributed by atoms with E-state index < -0.39 is 0 Å². The molecule has 0 aliphatic heterocycles. The average molecular weight is 427 g/mol. The highest BCUT2D eigenvalue weighted by molar-refractivity contribution is 6.09. The lowest BCUT2D eigenvalue weighted by atomic mass is 10.0. The van der Waals surface area contributed by atoms with Crippen LogP contribution in [0.2, 0.25) is 0 Å². The lowest BCUT2D eigenvalue weighted by Gasteiger charge is -2.30. The maximum Gasteiger partial charge on any atom is 0.0541 e. The van der Waals surface area contributed by atoms with Gasteiger partial charge in [0.05, 0.1) is 11.0 Å². The van der Waals surface area contributed by atoms with Gasteiger partial charge in [-0.3, -0.25) is 0 Å². The van der Waals surface area contributed by atoms with Crippen molar-refractivity contribution in [3.63, 3.8) is 0 Å². The fourth-order valence-corrected chi connectivity index (χ4v) is 5.01. The predicted molar refractivity (Wildman–Crippen MR) is 140 cm³/mol. The zero-order valence-electron chi connectivity index (χ0n) is 18.8. The molecule has 6 rings (SSSR count). The Bertz CT molecular complexity index is 1470. The number of nitrogens with zero attached hydrogens (tertiary/aromatic N) is 2. The largest absolute Gasteiger partial charge is 0.310 e.